The van der Waals surface area contributed by atoms with Crippen molar-refractivity contribution in [3.63, 3.8) is 0 Å². The van der Waals surface area contributed by atoms with Crippen LogP contribution in [0.2, 0.25) is 0 Å². The number of ether oxygens (including phenoxy) is 1. The Balaban J connectivity index is 1.60. The predicted octanol–water partition coefficient (Wildman–Crippen LogP) is 3.73. The van der Waals surface area contributed by atoms with Crippen molar-refractivity contribution in [2.24, 2.45) is 0 Å². The maximum Gasteiger partial charge on any atom is 0.273 e. The molecule has 3 rings (SSSR count). The largest absolute Gasteiger partial charge is 0.484 e. The quantitative estimate of drug-likeness (QED) is 0.632. The molecule has 28 heavy (non-hydrogen) atoms. The van der Waals surface area contributed by atoms with Crippen molar-refractivity contribution in [1.82, 2.24) is 0 Å². The van der Waals surface area contributed by atoms with Crippen LogP contribution in [0.15, 0.2) is 70.3 Å². The van der Waals surface area contributed by atoms with Gasteiger partial charge in [0.05, 0.1) is 11.4 Å². The van der Waals surface area contributed by atoms with Crippen molar-refractivity contribution < 1.29 is 22.3 Å². The van der Waals surface area contributed by atoms with Gasteiger partial charge in [0.15, 0.2) is 6.61 Å². The fourth-order valence-electron chi connectivity index (χ4n) is 2.33. The molecule has 1 N–H and O–H groups in total. The molecule has 0 atom stereocenters. The second-order valence-corrected chi connectivity index (χ2v) is 8.86. The summed E-state index contributed by atoms with van der Waals surface area (Å²) in [6, 6.07) is 15.3. The number of sulfonamides is 1. The number of hydrogen-bond donors (Lipinski definition) is 1. The minimum atomic E-state index is -3.61. The molecule has 0 aliphatic heterocycles. The van der Waals surface area contributed by atoms with Crippen molar-refractivity contribution in [3.05, 3.63) is 71.9 Å². The zero-order valence-corrected chi connectivity index (χ0v) is 16.5. The number of carbonyl (C=O) groups is 1. The van der Waals surface area contributed by atoms with Crippen LogP contribution >= 0.6 is 11.3 Å². The molecule has 146 valence electrons. The molecule has 3 aromatic rings. The highest BCUT2D eigenvalue weighted by Gasteiger charge is 2.22. The number of thiophene rings is 1. The van der Waals surface area contributed by atoms with E-state index in [0.717, 1.165) is 11.3 Å². The molecule has 0 spiro atoms. The summed E-state index contributed by atoms with van der Waals surface area (Å²) in [4.78, 5) is 11.9. The van der Waals surface area contributed by atoms with Crippen molar-refractivity contribution in [2.45, 2.75) is 4.21 Å². The summed E-state index contributed by atoms with van der Waals surface area (Å²) in [6.45, 7) is -0.309. The van der Waals surface area contributed by atoms with E-state index in [0.29, 0.717) is 11.4 Å². The van der Waals surface area contributed by atoms with E-state index >= 15 is 0 Å². The Morgan fingerprint density at radius 3 is 2.46 bits per heavy atom. The lowest BCUT2D eigenvalue weighted by atomic mass is 10.3. The van der Waals surface area contributed by atoms with Crippen LogP contribution in [0.25, 0.3) is 0 Å². The second-order valence-electron chi connectivity index (χ2n) is 5.72. The molecule has 0 saturated carbocycles. The first-order chi connectivity index (χ1) is 13.4. The molecule has 6 nitrogen and oxygen atoms in total. The zero-order chi connectivity index (χ0) is 20.1. The molecule has 0 aliphatic carbocycles. The third kappa shape index (κ3) is 4.49. The number of para-hydroxylation sites is 1. The SMILES string of the molecule is CN(c1ccc(OCC(=O)Nc2ccccc2F)cc1)S(=O)(=O)c1cccs1. The fraction of sp³-hybridized carbons (Fsp3) is 0.105. The van der Waals surface area contributed by atoms with E-state index in [2.05, 4.69) is 5.32 Å². The predicted molar refractivity (Wildman–Crippen MR) is 107 cm³/mol. The standard InChI is InChI=1S/C19H17FN2O4S2/c1-22(28(24,25)19-7-4-12-27-19)14-8-10-15(11-9-14)26-13-18(23)21-17-6-3-2-5-16(17)20/h2-12H,13H2,1H3,(H,21,23). The van der Waals surface area contributed by atoms with Crippen LogP contribution in [0.4, 0.5) is 15.8 Å². The highest BCUT2D eigenvalue weighted by atomic mass is 32.2. The highest BCUT2D eigenvalue weighted by molar-refractivity contribution is 7.94. The van der Waals surface area contributed by atoms with Crippen LogP contribution in [0.3, 0.4) is 0 Å². The lowest BCUT2D eigenvalue weighted by Gasteiger charge is -2.18. The molecule has 0 saturated heterocycles. The number of nitrogens with zero attached hydrogens (tertiary/aromatic N) is 1. The van der Waals surface area contributed by atoms with Gasteiger partial charge in [0.1, 0.15) is 15.8 Å². The summed E-state index contributed by atoms with van der Waals surface area (Å²) in [5.41, 5.74) is 0.531. The summed E-state index contributed by atoms with van der Waals surface area (Å²) in [7, 11) is -2.15. The Hall–Kier alpha value is -2.91. The molecule has 0 radical (unpaired) electrons. The van der Waals surface area contributed by atoms with Gasteiger partial charge >= 0.3 is 0 Å². The average molecular weight is 420 g/mol. The molecular weight excluding hydrogens is 403 g/mol. The van der Waals surface area contributed by atoms with Gasteiger partial charge in [0, 0.05) is 7.05 Å². The molecule has 1 aromatic heterocycles. The third-order valence-corrected chi connectivity index (χ3v) is 6.99. The summed E-state index contributed by atoms with van der Waals surface area (Å²) in [5, 5.41) is 4.12. The maximum absolute atomic E-state index is 13.5. The molecule has 1 amide bonds. The van der Waals surface area contributed by atoms with Crippen LogP contribution in [-0.4, -0.2) is 28.0 Å². The smallest absolute Gasteiger partial charge is 0.273 e. The number of rotatable bonds is 7. The molecular formula is C19H17FN2O4S2. The zero-order valence-electron chi connectivity index (χ0n) is 14.8. The summed E-state index contributed by atoms with van der Waals surface area (Å²) in [5.74, 6) is -0.656. The van der Waals surface area contributed by atoms with E-state index in [1.54, 1.807) is 47.8 Å². The monoisotopic (exact) mass is 420 g/mol. The first-order valence-corrected chi connectivity index (χ1v) is 10.5. The van der Waals surface area contributed by atoms with E-state index < -0.39 is 21.7 Å². The average Bonchev–Trinajstić information content (AvgIpc) is 3.24. The van der Waals surface area contributed by atoms with Crippen molar-refractivity contribution in [1.29, 1.82) is 0 Å². The lowest BCUT2D eigenvalue weighted by molar-refractivity contribution is -0.118. The van der Waals surface area contributed by atoms with Crippen LogP contribution < -0.4 is 14.4 Å². The Morgan fingerprint density at radius 2 is 1.82 bits per heavy atom. The molecule has 0 unspecified atom stereocenters. The van der Waals surface area contributed by atoms with Gasteiger partial charge in [-0.1, -0.05) is 18.2 Å². The van der Waals surface area contributed by atoms with Crippen molar-refractivity contribution in [3.8, 4) is 5.75 Å². The van der Waals surface area contributed by atoms with Gasteiger partial charge in [0.2, 0.25) is 0 Å². The molecule has 1 heterocycles. The van der Waals surface area contributed by atoms with E-state index in [1.165, 1.54) is 29.6 Å². The van der Waals surface area contributed by atoms with E-state index in [-0.39, 0.29) is 16.5 Å². The van der Waals surface area contributed by atoms with Gasteiger partial charge in [-0.15, -0.1) is 11.3 Å². The summed E-state index contributed by atoms with van der Waals surface area (Å²) in [6.07, 6.45) is 0. The van der Waals surface area contributed by atoms with Crippen LogP contribution in [-0.2, 0) is 14.8 Å². The minimum Gasteiger partial charge on any atom is -0.484 e. The molecule has 9 heteroatoms. The van der Waals surface area contributed by atoms with Gasteiger partial charge in [-0.25, -0.2) is 12.8 Å². The Morgan fingerprint density at radius 1 is 1.11 bits per heavy atom. The first kappa shape index (κ1) is 19.8. The van der Waals surface area contributed by atoms with Gasteiger partial charge < -0.3 is 10.1 Å². The van der Waals surface area contributed by atoms with E-state index in [1.807, 2.05) is 0 Å². The first-order valence-electron chi connectivity index (χ1n) is 8.17. The molecule has 0 bridgehead atoms. The summed E-state index contributed by atoms with van der Waals surface area (Å²) < 4.78 is 45.4. The van der Waals surface area contributed by atoms with Crippen LogP contribution in [0.1, 0.15) is 0 Å². The maximum atomic E-state index is 13.5. The van der Waals surface area contributed by atoms with Gasteiger partial charge in [-0.3, -0.25) is 9.10 Å². The van der Waals surface area contributed by atoms with Crippen molar-refractivity contribution in [2.75, 3.05) is 23.3 Å². The topological polar surface area (TPSA) is 75.7 Å². The number of benzene rings is 2. The molecule has 2 aromatic carbocycles. The second kappa shape index (κ2) is 8.41. The van der Waals surface area contributed by atoms with E-state index in [4.69, 9.17) is 4.74 Å². The Kier molecular flexibility index (Phi) is 5.96. The normalized spacial score (nSPS) is 11.1. The van der Waals surface area contributed by atoms with Gasteiger partial charge in [-0.05, 0) is 47.8 Å². The number of carbonyl (C=O) groups excluding carboxylic acids is 1. The number of hydrogen-bond acceptors (Lipinski definition) is 5. The lowest BCUT2D eigenvalue weighted by Crippen LogP contribution is -2.25. The Bertz CT molecular complexity index is 1050. The Labute approximate surface area is 166 Å². The fourth-order valence-corrected chi connectivity index (χ4v) is 4.69. The molecule has 0 aliphatic rings. The number of nitrogens with one attached hydrogen (secondary N) is 1. The number of anilines is 2. The van der Waals surface area contributed by atoms with Crippen molar-refractivity contribution >= 4 is 38.6 Å². The van der Waals surface area contributed by atoms with Crippen LogP contribution in [0.5, 0.6) is 5.75 Å². The van der Waals surface area contributed by atoms with E-state index in [9.17, 15) is 17.6 Å². The highest BCUT2D eigenvalue weighted by Crippen LogP contribution is 2.26. The number of amides is 1. The van der Waals surface area contributed by atoms with Gasteiger partial charge in [0.25, 0.3) is 15.9 Å². The minimum absolute atomic E-state index is 0.0758. The molecule has 0 fully saturated rings. The van der Waals surface area contributed by atoms with Gasteiger partial charge in [-0.2, -0.15) is 0 Å². The third-order valence-electron chi connectivity index (χ3n) is 3.83. The summed E-state index contributed by atoms with van der Waals surface area (Å²) >= 11 is 1.14. The number of halogens is 1. The van der Waals surface area contributed by atoms with Crippen LogP contribution in [0, 0.1) is 5.82 Å².